The lowest BCUT2D eigenvalue weighted by Crippen LogP contribution is -2.57. The van der Waals surface area contributed by atoms with Gasteiger partial charge in [-0.2, -0.15) is 0 Å². The molecule has 2 N–H and O–H groups in total. The average Bonchev–Trinajstić information content (AvgIpc) is 3.06. The number of carbonyl (C=O) groups is 1. The molecule has 1 aromatic carbocycles. The van der Waals surface area contributed by atoms with Gasteiger partial charge in [0.2, 0.25) is 5.91 Å². The van der Waals surface area contributed by atoms with Crippen LogP contribution in [0.3, 0.4) is 0 Å². The van der Waals surface area contributed by atoms with E-state index in [4.69, 9.17) is 5.73 Å². The quantitative estimate of drug-likeness (QED) is 0.781. The lowest BCUT2D eigenvalue weighted by Gasteiger charge is -2.47. The van der Waals surface area contributed by atoms with Gasteiger partial charge in [-0.25, -0.2) is 0 Å². The summed E-state index contributed by atoms with van der Waals surface area (Å²) in [5.41, 5.74) is 9.40. The second-order valence-electron chi connectivity index (χ2n) is 10.7. The summed E-state index contributed by atoms with van der Waals surface area (Å²) in [6, 6.07) is 11.2. The van der Waals surface area contributed by atoms with Gasteiger partial charge in [-0.3, -0.25) is 4.79 Å². The van der Waals surface area contributed by atoms with Crippen LogP contribution in [0.5, 0.6) is 0 Å². The zero-order chi connectivity index (χ0) is 19.7. The van der Waals surface area contributed by atoms with E-state index in [1.807, 2.05) is 0 Å². The monoisotopic (exact) mass is 378 g/mol. The summed E-state index contributed by atoms with van der Waals surface area (Å²) >= 11 is 0. The van der Waals surface area contributed by atoms with Gasteiger partial charge in [0.1, 0.15) is 0 Å². The number of hydrogen-bond donors (Lipinski definition) is 1. The molecule has 4 unspecified atom stereocenters. The Morgan fingerprint density at radius 3 is 2.61 bits per heavy atom. The first-order chi connectivity index (χ1) is 13.3. The Labute approximate surface area is 169 Å². The number of amides is 1. The summed E-state index contributed by atoms with van der Waals surface area (Å²) in [6.45, 7) is 8.24. The molecule has 0 radical (unpaired) electrons. The van der Waals surface area contributed by atoms with Crippen molar-refractivity contribution >= 4 is 5.91 Å². The van der Waals surface area contributed by atoms with Crippen molar-refractivity contribution in [3.63, 3.8) is 0 Å². The number of piperidine rings is 1. The van der Waals surface area contributed by atoms with Crippen LogP contribution in [0.2, 0.25) is 0 Å². The minimum Gasteiger partial charge on any atom is -0.342 e. The molecule has 6 rings (SSSR count). The number of benzene rings is 1. The van der Waals surface area contributed by atoms with Crippen LogP contribution in [0.1, 0.15) is 58.4 Å². The van der Waals surface area contributed by atoms with Crippen molar-refractivity contribution in [2.24, 2.45) is 28.4 Å². The predicted molar refractivity (Wildman–Crippen MR) is 113 cm³/mol. The number of rotatable bonds is 2. The number of hydrogen-bond acceptors (Lipinski definition) is 2. The Morgan fingerprint density at radius 1 is 1.18 bits per heavy atom. The molecule has 1 aliphatic heterocycles. The van der Waals surface area contributed by atoms with Crippen molar-refractivity contribution in [1.82, 2.24) is 4.90 Å². The van der Waals surface area contributed by atoms with Crippen LogP contribution in [0.4, 0.5) is 0 Å². The Balaban J connectivity index is 1.52. The van der Waals surface area contributed by atoms with Crippen LogP contribution in [-0.2, 0) is 10.2 Å². The van der Waals surface area contributed by atoms with E-state index < -0.39 is 0 Å². The Morgan fingerprint density at radius 2 is 1.93 bits per heavy atom. The molecule has 28 heavy (non-hydrogen) atoms. The first kappa shape index (κ1) is 18.4. The molecule has 1 heterocycles. The zero-order valence-corrected chi connectivity index (χ0v) is 17.6. The third-order valence-corrected chi connectivity index (χ3v) is 8.78. The maximum Gasteiger partial charge on any atom is 0.229 e. The summed E-state index contributed by atoms with van der Waals surface area (Å²) in [6.07, 6.45) is 7.72. The van der Waals surface area contributed by atoms with E-state index in [9.17, 15) is 4.79 Å². The normalized spacial score (nSPS) is 42.4. The van der Waals surface area contributed by atoms with Gasteiger partial charge in [-0.05, 0) is 67.3 Å². The summed E-state index contributed by atoms with van der Waals surface area (Å²) < 4.78 is 0. The molecule has 5 aliphatic rings. The minimum atomic E-state index is -0.182. The Kier molecular flexibility index (Phi) is 3.91. The molecule has 0 aromatic heterocycles. The summed E-state index contributed by atoms with van der Waals surface area (Å²) in [4.78, 5) is 16.2. The Bertz CT molecular complexity index is 828. The molecule has 3 heteroatoms. The molecule has 4 saturated carbocycles. The molecule has 4 bridgehead atoms. The number of nitrogens with two attached hydrogens (primary N) is 1. The number of likely N-dealkylation sites (tertiary alicyclic amines) is 1. The third-order valence-electron chi connectivity index (χ3n) is 8.78. The SMILES string of the molecule is C/C=C1/C2CC3(c4ccccc4)CC1C(C(=O)N1CC[C@H](N)C(C)(C)C1)(C2)C3. The molecule has 3 nitrogen and oxygen atoms in total. The van der Waals surface area contributed by atoms with Crippen LogP contribution < -0.4 is 5.73 Å². The van der Waals surface area contributed by atoms with Crippen LogP contribution in [0, 0.1) is 22.7 Å². The highest BCUT2D eigenvalue weighted by molar-refractivity contribution is 5.86. The third kappa shape index (κ3) is 2.35. The highest BCUT2D eigenvalue weighted by Gasteiger charge is 2.69. The fourth-order valence-corrected chi connectivity index (χ4v) is 7.44. The molecule has 1 amide bonds. The molecule has 5 fully saturated rings. The number of nitrogens with zero attached hydrogens (tertiary/aromatic N) is 1. The predicted octanol–water partition coefficient (Wildman–Crippen LogP) is 4.28. The van der Waals surface area contributed by atoms with Crippen molar-refractivity contribution in [3.8, 4) is 0 Å². The second-order valence-corrected chi connectivity index (χ2v) is 10.7. The van der Waals surface area contributed by atoms with Gasteiger partial charge in [-0.1, -0.05) is 55.8 Å². The van der Waals surface area contributed by atoms with Gasteiger partial charge in [0, 0.05) is 19.1 Å². The highest BCUT2D eigenvalue weighted by Crippen LogP contribution is 2.73. The van der Waals surface area contributed by atoms with Gasteiger partial charge >= 0.3 is 0 Å². The van der Waals surface area contributed by atoms with Crippen molar-refractivity contribution in [2.45, 2.75) is 64.3 Å². The molecule has 1 aromatic rings. The largest absolute Gasteiger partial charge is 0.342 e. The highest BCUT2D eigenvalue weighted by atomic mass is 16.2. The van der Waals surface area contributed by atoms with Crippen LogP contribution in [-0.4, -0.2) is 29.9 Å². The summed E-state index contributed by atoms with van der Waals surface area (Å²) in [7, 11) is 0. The van der Waals surface area contributed by atoms with E-state index in [0.29, 0.717) is 17.7 Å². The lowest BCUT2D eigenvalue weighted by molar-refractivity contribution is -0.147. The molecular formula is C25H34N2O. The van der Waals surface area contributed by atoms with E-state index in [2.05, 4.69) is 62.1 Å². The van der Waals surface area contributed by atoms with Crippen molar-refractivity contribution in [2.75, 3.05) is 13.1 Å². The van der Waals surface area contributed by atoms with Crippen molar-refractivity contribution in [3.05, 3.63) is 47.5 Å². The summed E-state index contributed by atoms with van der Waals surface area (Å²) in [5, 5.41) is 0. The van der Waals surface area contributed by atoms with Crippen LogP contribution >= 0.6 is 0 Å². The van der Waals surface area contributed by atoms with Crippen molar-refractivity contribution in [1.29, 1.82) is 0 Å². The van der Waals surface area contributed by atoms with E-state index in [-0.39, 0.29) is 22.3 Å². The zero-order valence-electron chi connectivity index (χ0n) is 17.6. The van der Waals surface area contributed by atoms with Gasteiger partial charge in [0.25, 0.3) is 0 Å². The van der Waals surface area contributed by atoms with Crippen molar-refractivity contribution < 1.29 is 4.79 Å². The molecule has 150 valence electrons. The molecule has 1 saturated heterocycles. The molecular weight excluding hydrogens is 344 g/mol. The second kappa shape index (κ2) is 5.95. The fraction of sp³-hybridized carbons (Fsp3) is 0.640. The van der Waals surface area contributed by atoms with Crippen LogP contribution in [0.15, 0.2) is 42.0 Å². The Hall–Kier alpha value is -1.61. The van der Waals surface area contributed by atoms with Crippen LogP contribution in [0.25, 0.3) is 0 Å². The summed E-state index contributed by atoms with van der Waals surface area (Å²) in [5.74, 6) is 1.45. The molecule has 0 spiro atoms. The smallest absolute Gasteiger partial charge is 0.229 e. The maximum atomic E-state index is 14.1. The number of allylic oxidation sites excluding steroid dienone is 2. The standard InChI is InChI=1S/C25H34N2O/c1-4-19-17-12-24(18-8-6-5-7-9-18)14-20(19)25(13-17,15-24)22(28)27-11-10-21(26)23(2,3)16-27/h4-9,17,20-21H,10-16,26H2,1-3H3/b19-4-/t17?,20?,21-,24?,25?/m0/s1. The van der Waals surface area contributed by atoms with Gasteiger partial charge in [0.15, 0.2) is 0 Å². The van der Waals surface area contributed by atoms with E-state index in [1.54, 1.807) is 5.57 Å². The maximum absolute atomic E-state index is 14.1. The van der Waals surface area contributed by atoms with E-state index in [0.717, 1.165) is 38.8 Å². The molecule has 5 atom stereocenters. The van der Waals surface area contributed by atoms with E-state index in [1.165, 1.54) is 12.0 Å². The lowest BCUT2D eigenvalue weighted by atomic mass is 9.62. The topological polar surface area (TPSA) is 46.3 Å². The van der Waals surface area contributed by atoms with Gasteiger partial charge in [-0.15, -0.1) is 0 Å². The van der Waals surface area contributed by atoms with Gasteiger partial charge in [0.05, 0.1) is 5.41 Å². The minimum absolute atomic E-state index is 0.000712. The first-order valence-electron chi connectivity index (χ1n) is 11.1. The first-order valence-corrected chi connectivity index (χ1v) is 11.1. The van der Waals surface area contributed by atoms with Gasteiger partial charge < -0.3 is 10.6 Å². The van der Waals surface area contributed by atoms with E-state index >= 15 is 0 Å². The fourth-order valence-electron chi connectivity index (χ4n) is 7.44. The number of carbonyl (C=O) groups excluding carboxylic acids is 1. The average molecular weight is 379 g/mol. The molecule has 4 aliphatic carbocycles.